The lowest BCUT2D eigenvalue weighted by Crippen LogP contribution is -2.39. The van der Waals surface area contributed by atoms with Crippen LogP contribution in [0.4, 0.5) is 5.82 Å². The van der Waals surface area contributed by atoms with Crippen LogP contribution in [0.3, 0.4) is 0 Å². The van der Waals surface area contributed by atoms with E-state index in [1.807, 2.05) is 6.92 Å². The zero-order valence-electron chi connectivity index (χ0n) is 10.2. The first-order valence-electron chi connectivity index (χ1n) is 5.93. The number of hydrogen-bond donors (Lipinski definition) is 1. The molecule has 5 heteroatoms. The Balaban J connectivity index is 2.34. The van der Waals surface area contributed by atoms with Gasteiger partial charge in [-0.05, 0) is 25.7 Å². The summed E-state index contributed by atoms with van der Waals surface area (Å²) < 4.78 is 0. The van der Waals surface area contributed by atoms with Crippen LogP contribution in [0.15, 0.2) is 6.33 Å². The molecule has 1 atom stereocenters. The summed E-state index contributed by atoms with van der Waals surface area (Å²) in [5.74, 6) is -0.0258. The molecule has 0 aromatic carbocycles. The summed E-state index contributed by atoms with van der Waals surface area (Å²) in [6.45, 7) is 1.87. The smallest absolute Gasteiger partial charge is 0.326 e. The molecular formula is C12H17N3O2. The van der Waals surface area contributed by atoms with Crippen LogP contribution in [-0.4, -0.2) is 34.1 Å². The highest BCUT2D eigenvalue weighted by Gasteiger charge is 2.26. The van der Waals surface area contributed by atoms with Crippen molar-refractivity contribution in [2.24, 2.45) is 0 Å². The molecule has 1 unspecified atom stereocenters. The molecule has 0 saturated carbocycles. The molecule has 1 heterocycles. The van der Waals surface area contributed by atoms with Gasteiger partial charge in [-0.2, -0.15) is 0 Å². The summed E-state index contributed by atoms with van der Waals surface area (Å²) in [7, 11) is 1.79. The van der Waals surface area contributed by atoms with Crippen molar-refractivity contribution in [1.82, 2.24) is 9.97 Å². The number of anilines is 1. The topological polar surface area (TPSA) is 66.3 Å². The van der Waals surface area contributed by atoms with Gasteiger partial charge in [0, 0.05) is 18.3 Å². The van der Waals surface area contributed by atoms with Crippen molar-refractivity contribution in [2.45, 2.75) is 38.6 Å². The molecule has 5 nitrogen and oxygen atoms in total. The number of carboxylic acid groups (broad SMARTS) is 1. The molecule has 0 bridgehead atoms. The fourth-order valence-electron chi connectivity index (χ4n) is 2.41. The van der Waals surface area contributed by atoms with Gasteiger partial charge in [0.05, 0.1) is 0 Å². The molecule has 1 aromatic heterocycles. The van der Waals surface area contributed by atoms with Crippen LogP contribution in [0.1, 0.15) is 31.0 Å². The van der Waals surface area contributed by atoms with Crippen molar-refractivity contribution < 1.29 is 9.90 Å². The summed E-state index contributed by atoms with van der Waals surface area (Å²) in [5.41, 5.74) is 2.19. The summed E-state index contributed by atoms with van der Waals surface area (Å²) >= 11 is 0. The largest absolute Gasteiger partial charge is 0.480 e. The lowest BCUT2D eigenvalue weighted by molar-refractivity contribution is -0.138. The Hall–Kier alpha value is -1.65. The van der Waals surface area contributed by atoms with E-state index in [1.54, 1.807) is 11.9 Å². The highest BCUT2D eigenvalue weighted by atomic mass is 16.4. The van der Waals surface area contributed by atoms with Crippen LogP contribution < -0.4 is 4.90 Å². The zero-order chi connectivity index (χ0) is 12.4. The van der Waals surface area contributed by atoms with E-state index in [2.05, 4.69) is 9.97 Å². The molecule has 1 aliphatic rings. The van der Waals surface area contributed by atoms with Gasteiger partial charge in [0.15, 0.2) is 0 Å². The number of aryl methyl sites for hydroxylation is 1. The van der Waals surface area contributed by atoms with E-state index < -0.39 is 12.0 Å². The van der Waals surface area contributed by atoms with Gasteiger partial charge in [-0.15, -0.1) is 0 Å². The van der Waals surface area contributed by atoms with E-state index in [-0.39, 0.29) is 0 Å². The second-order valence-electron chi connectivity index (χ2n) is 4.35. The molecule has 0 aliphatic heterocycles. The van der Waals surface area contributed by atoms with Crippen LogP contribution in [0.2, 0.25) is 0 Å². The van der Waals surface area contributed by atoms with E-state index >= 15 is 0 Å². The van der Waals surface area contributed by atoms with Gasteiger partial charge in [0.2, 0.25) is 0 Å². The molecule has 0 fully saturated rings. The van der Waals surface area contributed by atoms with Crippen LogP contribution in [-0.2, 0) is 17.6 Å². The highest BCUT2D eigenvalue weighted by Crippen LogP contribution is 2.28. The van der Waals surface area contributed by atoms with Gasteiger partial charge in [-0.3, -0.25) is 0 Å². The number of nitrogens with zero attached hydrogens (tertiary/aromatic N) is 3. The number of aliphatic carboxylic acids is 1. The maximum Gasteiger partial charge on any atom is 0.326 e. The predicted octanol–water partition coefficient (Wildman–Crippen LogP) is 1.26. The maximum absolute atomic E-state index is 11.2. The van der Waals surface area contributed by atoms with E-state index in [9.17, 15) is 4.79 Å². The molecule has 0 radical (unpaired) electrons. The number of likely N-dealkylation sites (N-methyl/N-ethyl adjacent to an activating group) is 1. The summed E-state index contributed by atoms with van der Waals surface area (Å²) in [6, 6.07) is -0.519. The third kappa shape index (κ3) is 2.09. The lowest BCUT2D eigenvalue weighted by atomic mass is 10.1. The first-order chi connectivity index (χ1) is 8.15. The zero-order valence-corrected chi connectivity index (χ0v) is 10.2. The highest BCUT2D eigenvalue weighted by molar-refractivity contribution is 5.78. The molecule has 0 saturated heterocycles. The van der Waals surface area contributed by atoms with Crippen molar-refractivity contribution in [3.63, 3.8) is 0 Å². The number of carboxylic acids is 1. The predicted molar refractivity (Wildman–Crippen MR) is 64.2 cm³/mol. The average molecular weight is 235 g/mol. The van der Waals surface area contributed by atoms with Crippen molar-refractivity contribution >= 4 is 11.8 Å². The molecule has 0 amide bonds. The normalized spacial score (nSPS) is 15.4. The molecule has 2 rings (SSSR count). The number of carbonyl (C=O) groups is 1. The molecule has 1 N–H and O–H groups in total. The van der Waals surface area contributed by atoms with E-state index in [1.165, 1.54) is 6.33 Å². The van der Waals surface area contributed by atoms with Crippen molar-refractivity contribution in [2.75, 3.05) is 11.9 Å². The molecule has 1 aliphatic carbocycles. The Kier molecular flexibility index (Phi) is 3.26. The third-order valence-electron chi connectivity index (χ3n) is 3.33. The Morgan fingerprint density at radius 1 is 1.53 bits per heavy atom. The Morgan fingerprint density at radius 3 is 2.94 bits per heavy atom. The van der Waals surface area contributed by atoms with Gasteiger partial charge in [0.1, 0.15) is 18.2 Å². The minimum absolute atomic E-state index is 0.519. The monoisotopic (exact) mass is 235 g/mol. The quantitative estimate of drug-likeness (QED) is 0.851. The van der Waals surface area contributed by atoms with Crippen LogP contribution in [0, 0.1) is 0 Å². The van der Waals surface area contributed by atoms with Crippen molar-refractivity contribution in [3.8, 4) is 0 Å². The standard InChI is InChI=1S/C12H17N3O2/c1-3-10(12(16)17)15(2)11-8-5-4-6-9(8)13-7-14-11/h7,10H,3-6H2,1-2H3,(H,16,17). The second-order valence-corrected chi connectivity index (χ2v) is 4.35. The SMILES string of the molecule is CCC(C(=O)O)N(C)c1ncnc2c1CCC2. The van der Waals surface area contributed by atoms with Crippen LogP contribution in [0.5, 0.6) is 0 Å². The third-order valence-corrected chi connectivity index (χ3v) is 3.33. The van der Waals surface area contributed by atoms with Gasteiger partial charge in [-0.25, -0.2) is 14.8 Å². The van der Waals surface area contributed by atoms with Crippen molar-refractivity contribution in [1.29, 1.82) is 0 Å². The number of rotatable bonds is 4. The number of hydrogen-bond acceptors (Lipinski definition) is 4. The Bertz CT molecular complexity index is 434. The molecular weight excluding hydrogens is 218 g/mol. The molecule has 0 spiro atoms. The fourth-order valence-corrected chi connectivity index (χ4v) is 2.41. The summed E-state index contributed by atoms with van der Waals surface area (Å²) in [4.78, 5) is 21.4. The molecule has 1 aromatic rings. The molecule has 17 heavy (non-hydrogen) atoms. The van der Waals surface area contributed by atoms with Gasteiger partial charge < -0.3 is 10.0 Å². The average Bonchev–Trinajstić information content (AvgIpc) is 2.76. The van der Waals surface area contributed by atoms with E-state index in [0.29, 0.717) is 6.42 Å². The van der Waals surface area contributed by atoms with Gasteiger partial charge in [-0.1, -0.05) is 6.92 Å². The molecule has 92 valence electrons. The van der Waals surface area contributed by atoms with E-state index in [0.717, 1.165) is 36.3 Å². The van der Waals surface area contributed by atoms with Crippen LogP contribution >= 0.6 is 0 Å². The lowest BCUT2D eigenvalue weighted by Gasteiger charge is -2.26. The van der Waals surface area contributed by atoms with Gasteiger partial charge in [0.25, 0.3) is 0 Å². The van der Waals surface area contributed by atoms with Gasteiger partial charge >= 0.3 is 5.97 Å². The maximum atomic E-state index is 11.2. The van der Waals surface area contributed by atoms with E-state index in [4.69, 9.17) is 5.11 Å². The Morgan fingerprint density at radius 2 is 2.29 bits per heavy atom. The minimum Gasteiger partial charge on any atom is -0.480 e. The summed E-state index contributed by atoms with van der Waals surface area (Å²) in [5, 5.41) is 9.17. The number of fused-ring (bicyclic) bond motifs is 1. The second kappa shape index (κ2) is 4.69. The van der Waals surface area contributed by atoms with Crippen LogP contribution in [0.25, 0.3) is 0 Å². The number of aromatic nitrogens is 2. The first-order valence-corrected chi connectivity index (χ1v) is 5.93. The first kappa shape index (κ1) is 11.8. The summed E-state index contributed by atoms with van der Waals surface area (Å²) in [6.07, 6.45) is 5.10. The fraction of sp³-hybridized carbons (Fsp3) is 0.583. The van der Waals surface area contributed by atoms with Crippen molar-refractivity contribution in [3.05, 3.63) is 17.6 Å². The minimum atomic E-state index is -0.805. The Labute approximate surface area is 100 Å².